The van der Waals surface area contributed by atoms with Crippen LogP contribution in [0, 0.1) is 0 Å². The molecule has 1 aliphatic rings. The van der Waals surface area contributed by atoms with E-state index in [9.17, 15) is 18.0 Å². The summed E-state index contributed by atoms with van der Waals surface area (Å²) >= 11 is 0. The number of amides is 1. The second-order valence-electron chi connectivity index (χ2n) is 6.69. The monoisotopic (exact) mass is 365 g/mol. The molecular formula is C19H18F3NO3. The second-order valence-corrected chi connectivity index (χ2v) is 6.69. The van der Waals surface area contributed by atoms with Crippen molar-refractivity contribution in [3.8, 4) is 11.5 Å². The van der Waals surface area contributed by atoms with Crippen molar-refractivity contribution in [2.75, 3.05) is 11.9 Å². The molecule has 0 atom stereocenters. The number of nitrogens with one attached hydrogen (secondary N) is 1. The Hall–Kier alpha value is -2.70. The number of fused-ring (bicyclic) bond motifs is 1. The van der Waals surface area contributed by atoms with Crippen molar-refractivity contribution in [2.24, 2.45) is 0 Å². The van der Waals surface area contributed by atoms with E-state index in [-0.39, 0.29) is 17.9 Å². The van der Waals surface area contributed by atoms with E-state index in [2.05, 4.69) is 5.32 Å². The highest BCUT2D eigenvalue weighted by atomic mass is 19.4. The zero-order chi connectivity index (χ0) is 18.9. The SMILES string of the molecule is CC1(C)Cc2cccc(OCC(=O)Nc3ccc(C(F)(F)F)cc3)c2O1. The minimum Gasteiger partial charge on any atom is -0.483 e. The Balaban J connectivity index is 1.60. The normalized spacial score (nSPS) is 15.1. The molecule has 2 aromatic rings. The Bertz CT molecular complexity index is 814. The summed E-state index contributed by atoms with van der Waals surface area (Å²) in [6.07, 6.45) is -3.66. The lowest BCUT2D eigenvalue weighted by molar-refractivity contribution is -0.137. The van der Waals surface area contributed by atoms with Crippen molar-refractivity contribution in [2.45, 2.75) is 32.0 Å². The van der Waals surface area contributed by atoms with Gasteiger partial charge in [0.2, 0.25) is 0 Å². The minimum absolute atomic E-state index is 0.266. The van der Waals surface area contributed by atoms with Crippen molar-refractivity contribution in [1.29, 1.82) is 0 Å². The lowest BCUT2D eigenvalue weighted by atomic mass is 10.0. The molecule has 0 saturated carbocycles. The van der Waals surface area contributed by atoms with Gasteiger partial charge in [-0.25, -0.2) is 0 Å². The molecule has 1 N–H and O–H groups in total. The van der Waals surface area contributed by atoms with Crippen LogP contribution in [0.2, 0.25) is 0 Å². The maximum atomic E-state index is 12.5. The van der Waals surface area contributed by atoms with Gasteiger partial charge in [-0.2, -0.15) is 13.2 Å². The van der Waals surface area contributed by atoms with Crippen molar-refractivity contribution in [3.05, 3.63) is 53.6 Å². The zero-order valence-electron chi connectivity index (χ0n) is 14.3. The Kier molecular flexibility index (Phi) is 4.56. The highest BCUT2D eigenvalue weighted by Crippen LogP contribution is 2.41. The van der Waals surface area contributed by atoms with Crippen molar-refractivity contribution >= 4 is 11.6 Å². The summed E-state index contributed by atoms with van der Waals surface area (Å²) < 4.78 is 49.0. The van der Waals surface area contributed by atoms with E-state index in [1.165, 1.54) is 12.1 Å². The Morgan fingerprint density at radius 2 is 1.88 bits per heavy atom. The molecule has 0 fully saturated rings. The smallest absolute Gasteiger partial charge is 0.416 e. The maximum absolute atomic E-state index is 12.5. The number of rotatable bonds is 4. The first-order chi connectivity index (χ1) is 12.1. The van der Waals surface area contributed by atoms with Gasteiger partial charge in [-0.3, -0.25) is 4.79 Å². The standard InChI is InChI=1S/C19H18F3NO3/c1-18(2)10-12-4-3-5-15(17(12)26-18)25-11-16(24)23-14-8-6-13(7-9-14)19(20,21)22/h3-9H,10-11H2,1-2H3,(H,23,24). The molecule has 26 heavy (non-hydrogen) atoms. The number of halogens is 3. The van der Waals surface area contributed by atoms with E-state index in [1.807, 2.05) is 26.0 Å². The molecular weight excluding hydrogens is 347 g/mol. The first-order valence-electron chi connectivity index (χ1n) is 8.05. The van der Waals surface area contributed by atoms with Gasteiger partial charge in [0.05, 0.1) is 5.56 Å². The van der Waals surface area contributed by atoms with Crippen molar-refractivity contribution in [1.82, 2.24) is 0 Å². The number of hydrogen-bond donors (Lipinski definition) is 1. The van der Waals surface area contributed by atoms with Gasteiger partial charge in [-0.05, 0) is 44.2 Å². The number of carbonyl (C=O) groups is 1. The van der Waals surface area contributed by atoms with Crippen LogP contribution in [0.5, 0.6) is 11.5 Å². The lowest BCUT2D eigenvalue weighted by Crippen LogP contribution is -2.25. The molecule has 4 nitrogen and oxygen atoms in total. The predicted octanol–water partition coefficient (Wildman–Crippen LogP) is 4.44. The van der Waals surface area contributed by atoms with Crippen LogP contribution >= 0.6 is 0 Å². The number of alkyl halides is 3. The van der Waals surface area contributed by atoms with Crippen LogP contribution in [0.1, 0.15) is 25.0 Å². The Morgan fingerprint density at radius 1 is 1.19 bits per heavy atom. The summed E-state index contributed by atoms with van der Waals surface area (Å²) in [5.74, 6) is 0.620. The van der Waals surface area contributed by atoms with Crippen LogP contribution in [0.4, 0.5) is 18.9 Å². The summed E-state index contributed by atoms with van der Waals surface area (Å²) in [6, 6.07) is 9.71. The van der Waals surface area contributed by atoms with E-state index < -0.39 is 17.6 Å². The van der Waals surface area contributed by atoms with Crippen molar-refractivity contribution < 1.29 is 27.4 Å². The number of anilines is 1. The third-order valence-corrected chi connectivity index (χ3v) is 3.91. The minimum atomic E-state index is -4.41. The van der Waals surface area contributed by atoms with E-state index >= 15 is 0 Å². The molecule has 3 rings (SSSR count). The van der Waals surface area contributed by atoms with Gasteiger partial charge in [0.15, 0.2) is 18.1 Å². The van der Waals surface area contributed by atoms with Crippen molar-refractivity contribution in [3.63, 3.8) is 0 Å². The Morgan fingerprint density at radius 3 is 2.54 bits per heavy atom. The summed E-state index contributed by atoms with van der Waals surface area (Å²) in [4.78, 5) is 12.0. The van der Waals surface area contributed by atoms with Crippen LogP contribution < -0.4 is 14.8 Å². The van der Waals surface area contributed by atoms with E-state index in [1.54, 1.807) is 6.07 Å². The molecule has 0 aliphatic carbocycles. The van der Waals surface area contributed by atoms with E-state index in [0.717, 1.165) is 24.1 Å². The summed E-state index contributed by atoms with van der Waals surface area (Å²) in [6.45, 7) is 3.66. The molecule has 1 amide bonds. The molecule has 1 heterocycles. The summed E-state index contributed by atoms with van der Waals surface area (Å²) in [5.41, 5.74) is 0.175. The van der Waals surface area contributed by atoms with Gasteiger partial charge in [-0.1, -0.05) is 12.1 Å². The Labute approximate surface area is 148 Å². The number of para-hydroxylation sites is 1. The molecule has 0 unspecified atom stereocenters. The molecule has 0 aromatic heterocycles. The highest BCUT2D eigenvalue weighted by Gasteiger charge is 2.32. The lowest BCUT2D eigenvalue weighted by Gasteiger charge is -2.18. The fourth-order valence-corrected chi connectivity index (χ4v) is 2.78. The zero-order valence-corrected chi connectivity index (χ0v) is 14.3. The summed E-state index contributed by atoms with van der Waals surface area (Å²) in [5, 5.41) is 2.50. The highest BCUT2D eigenvalue weighted by molar-refractivity contribution is 5.91. The third-order valence-electron chi connectivity index (χ3n) is 3.91. The molecule has 138 valence electrons. The van der Waals surface area contributed by atoms with E-state index in [4.69, 9.17) is 9.47 Å². The van der Waals surface area contributed by atoms with Crippen LogP contribution in [-0.2, 0) is 17.4 Å². The van der Waals surface area contributed by atoms with Gasteiger partial charge >= 0.3 is 6.18 Å². The topological polar surface area (TPSA) is 47.6 Å². The van der Waals surface area contributed by atoms with Gasteiger partial charge in [-0.15, -0.1) is 0 Å². The number of carbonyl (C=O) groups excluding carboxylic acids is 1. The molecule has 2 aromatic carbocycles. The van der Waals surface area contributed by atoms with E-state index in [0.29, 0.717) is 11.5 Å². The number of hydrogen-bond acceptors (Lipinski definition) is 3. The maximum Gasteiger partial charge on any atom is 0.416 e. The van der Waals surface area contributed by atoms with Gasteiger partial charge in [0.1, 0.15) is 5.60 Å². The first kappa shape index (κ1) is 18.1. The number of ether oxygens (including phenoxy) is 2. The van der Waals surface area contributed by atoms with Crippen LogP contribution in [-0.4, -0.2) is 18.1 Å². The average molecular weight is 365 g/mol. The molecule has 0 radical (unpaired) electrons. The largest absolute Gasteiger partial charge is 0.483 e. The van der Waals surface area contributed by atoms with Gasteiger partial charge in [0.25, 0.3) is 5.91 Å². The number of benzene rings is 2. The second kappa shape index (κ2) is 6.55. The van der Waals surface area contributed by atoms with Gasteiger partial charge < -0.3 is 14.8 Å². The molecule has 7 heteroatoms. The average Bonchev–Trinajstić information content (AvgIpc) is 2.87. The molecule has 0 spiro atoms. The van der Waals surface area contributed by atoms with Gasteiger partial charge in [0, 0.05) is 17.7 Å². The quantitative estimate of drug-likeness (QED) is 0.872. The fourth-order valence-electron chi connectivity index (χ4n) is 2.78. The summed E-state index contributed by atoms with van der Waals surface area (Å²) in [7, 11) is 0. The fraction of sp³-hybridized carbons (Fsp3) is 0.316. The molecule has 0 bridgehead atoms. The molecule has 0 saturated heterocycles. The third kappa shape index (κ3) is 4.09. The van der Waals surface area contributed by atoms with Crippen LogP contribution in [0.25, 0.3) is 0 Å². The molecule has 1 aliphatic heterocycles. The van der Waals surface area contributed by atoms with Crippen LogP contribution in [0.3, 0.4) is 0 Å². The predicted molar refractivity (Wildman–Crippen MR) is 90.4 cm³/mol. The van der Waals surface area contributed by atoms with Crippen LogP contribution in [0.15, 0.2) is 42.5 Å². The first-order valence-corrected chi connectivity index (χ1v) is 8.05.